The molecule has 0 saturated carbocycles. The van der Waals surface area contributed by atoms with Crippen LogP contribution in [0.15, 0.2) is 64.5 Å². The maximum Gasteiger partial charge on any atom is 2.00 e. The standard InChI is InChI=1S/C28H29N3O4.Cu/c1-6-19(7-2)31-26(34)20-14-11-15-21(23(20)27(31)35)29-30-24(22(32)16-17-28(3,4)5)25(33)18-12-9-8-10-13-18;/h8-15,19,33H,6-7H2,1-5H3;/q;+2. The van der Waals surface area contributed by atoms with Crippen molar-refractivity contribution in [1.29, 1.82) is 0 Å². The Morgan fingerprint density at radius 2 is 1.64 bits per heavy atom. The molecule has 1 heterocycles. The summed E-state index contributed by atoms with van der Waals surface area (Å²) in [7, 11) is 0. The minimum absolute atomic E-state index is 0. The number of carbonyl (C=O) groups is 3. The molecule has 0 spiro atoms. The van der Waals surface area contributed by atoms with Gasteiger partial charge >= 0.3 is 17.1 Å². The van der Waals surface area contributed by atoms with Crippen molar-refractivity contribution in [1.82, 2.24) is 4.90 Å². The fourth-order valence-electron chi connectivity index (χ4n) is 3.69. The topological polar surface area (TPSA) is 99.4 Å². The predicted octanol–water partition coefficient (Wildman–Crippen LogP) is 6.10. The summed E-state index contributed by atoms with van der Waals surface area (Å²) in [5.41, 5.74) is 0.112. The van der Waals surface area contributed by atoms with Crippen molar-refractivity contribution in [3.63, 3.8) is 0 Å². The smallest absolute Gasteiger partial charge is 0.505 e. The van der Waals surface area contributed by atoms with Crippen molar-refractivity contribution in [3.05, 3.63) is 70.9 Å². The van der Waals surface area contributed by atoms with E-state index in [1.807, 2.05) is 34.6 Å². The molecule has 0 fully saturated rings. The van der Waals surface area contributed by atoms with E-state index in [1.54, 1.807) is 48.5 Å². The summed E-state index contributed by atoms with van der Waals surface area (Å²) < 4.78 is 0. The number of hydrogen-bond acceptors (Lipinski definition) is 6. The summed E-state index contributed by atoms with van der Waals surface area (Å²) in [5.74, 6) is 3.47. The minimum atomic E-state index is -0.710. The SMILES string of the molecule is CCC(CC)N1C(=O)c2cccc(N=NC(C(=O)C#CC(C)(C)C)=C(O)c3ccccc3)c2C1=O.[Cu+2]. The van der Waals surface area contributed by atoms with Crippen LogP contribution in [-0.2, 0) is 21.9 Å². The van der Waals surface area contributed by atoms with Crippen LogP contribution in [0.1, 0.15) is 73.7 Å². The molecule has 2 aromatic carbocycles. The van der Waals surface area contributed by atoms with Gasteiger partial charge in [0.1, 0.15) is 0 Å². The van der Waals surface area contributed by atoms with Crippen LogP contribution in [0.5, 0.6) is 0 Å². The van der Waals surface area contributed by atoms with Crippen LogP contribution in [0, 0.1) is 17.3 Å². The van der Waals surface area contributed by atoms with Crippen molar-refractivity contribution < 1.29 is 36.6 Å². The quantitative estimate of drug-likeness (QED) is 0.0882. The molecule has 0 unspecified atom stereocenters. The van der Waals surface area contributed by atoms with E-state index in [4.69, 9.17) is 0 Å². The molecule has 2 amide bonds. The van der Waals surface area contributed by atoms with Gasteiger partial charge in [0.2, 0.25) is 0 Å². The Balaban J connectivity index is 0.00000456. The Kier molecular flexibility index (Phi) is 9.52. The summed E-state index contributed by atoms with van der Waals surface area (Å²) in [6.07, 6.45) is 1.27. The van der Waals surface area contributed by atoms with Gasteiger partial charge in [-0.3, -0.25) is 19.3 Å². The van der Waals surface area contributed by atoms with Gasteiger partial charge in [-0.05, 0) is 51.7 Å². The zero-order valence-electron chi connectivity index (χ0n) is 20.9. The number of imide groups is 1. The molecule has 189 valence electrons. The molecular weight excluding hydrogens is 506 g/mol. The second-order valence-corrected chi connectivity index (χ2v) is 9.24. The van der Waals surface area contributed by atoms with Gasteiger partial charge in [0.05, 0.1) is 16.8 Å². The molecule has 7 nitrogen and oxygen atoms in total. The number of aliphatic hydroxyl groups is 1. The number of fused-ring (bicyclic) bond motifs is 1. The van der Waals surface area contributed by atoms with Gasteiger partial charge in [0.15, 0.2) is 11.5 Å². The molecule has 0 saturated heterocycles. The number of Topliss-reactive ketones (excluding diaryl/α,β-unsaturated/α-hetero) is 1. The summed E-state index contributed by atoms with van der Waals surface area (Å²) >= 11 is 0. The van der Waals surface area contributed by atoms with Crippen LogP contribution < -0.4 is 0 Å². The number of allylic oxidation sites excluding steroid dienone is 1. The molecule has 1 N–H and O–H groups in total. The number of rotatable bonds is 7. The number of ketones is 1. The van der Waals surface area contributed by atoms with E-state index in [2.05, 4.69) is 22.1 Å². The van der Waals surface area contributed by atoms with E-state index >= 15 is 0 Å². The number of benzene rings is 2. The fourth-order valence-corrected chi connectivity index (χ4v) is 3.69. The first-order valence-electron chi connectivity index (χ1n) is 11.6. The van der Waals surface area contributed by atoms with Gasteiger partial charge in [-0.15, -0.1) is 10.2 Å². The van der Waals surface area contributed by atoms with Gasteiger partial charge < -0.3 is 5.11 Å². The Morgan fingerprint density at radius 3 is 2.22 bits per heavy atom. The van der Waals surface area contributed by atoms with Crippen LogP contribution in [0.3, 0.4) is 0 Å². The molecule has 2 aromatic rings. The molecule has 8 heteroatoms. The molecule has 0 atom stereocenters. The second kappa shape index (κ2) is 11.9. The molecule has 1 aliphatic rings. The van der Waals surface area contributed by atoms with Gasteiger partial charge in [0.25, 0.3) is 17.6 Å². The van der Waals surface area contributed by atoms with E-state index in [0.717, 1.165) is 0 Å². The second-order valence-electron chi connectivity index (χ2n) is 9.24. The molecule has 3 rings (SSSR count). The Hall–Kier alpha value is -3.53. The summed E-state index contributed by atoms with van der Waals surface area (Å²) in [6, 6.07) is 13.0. The van der Waals surface area contributed by atoms with Crippen molar-refractivity contribution >= 4 is 29.0 Å². The van der Waals surface area contributed by atoms with E-state index in [0.29, 0.717) is 18.4 Å². The van der Waals surface area contributed by atoms with Crippen LogP contribution in [-0.4, -0.2) is 33.6 Å². The molecule has 1 radical (unpaired) electrons. The van der Waals surface area contributed by atoms with Crippen molar-refractivity contribution in [3.8, 4) is 11.8 Å². The normalized spacial score (nSPS) is 13.8. The number of nitrogens with zero attached hydrogens (tertiary/aromatic N) is 3. The van der Waals surface area contributed by atoms with Crippen molar-refractivity contribution in [2.24, 2.45) is 15.6 Å². The van der Waals surface area contributed by atoms with Gasteiger partial charge in [0, 0.05) is 17.0 Å². The zero-order valence-corrected chi connectivity index (χ0v) is 21.9. The first-order valence-corrected chi connectivity index (χ1v) is 11.6. The number of aliphatic hydroxyl groups excluding tert-OH is 1. The number of amides is 2. The maximum absolute atomic E-state index is 13.2. The van der Waals surface area contributed by atoms with Crippen LogP contribution >= 0.6 is 0 Å². The number of hydrogen-bond donors (Lipinski definition) is 1. The van der Waals surface area contributed by atoms with Crippen LogP contribution in [0.2, 0.25) is 0 Å². The first-order chi connectivity index (χ1) is 16.6. The fraction of sp³-hybridized carbons (Fsp3) is 0.321. The zero-order chi connectivity index (χ0) is 25.8. The monoisotopic (exact) mass is 534 g/mol. The third kappa shape index (κ3) is 6.17. The summed E-state index contributed by atoms with van der Waals surface area (Å²) in [6.45, 7) is 9.42. The molecule has 0 aliphatic carbocycles. The van der Waals surface area contributed by atoms with Gasteiger partial charge in [-0.25, -0.2) is 0 Å². The molecule has 0 aromatic heterocycles. The van der Waals surface area contributed by atoms with Crippen molar-refractivity contribution in [2.75, 3.05) is 0 Å². The minimum Gasteiger partial charge on any atom is -0.505 e. The third-order valence-corrected chi connectivity index (χ3v) is 5.53. The Labute approximate surface area is 222 Å². The largest absolute Gasteiger partial charge is 2.00 e. The molecule has 0 bridgehead atoms. The first kappa shape index (κ1) is 28.7. The van der Waals surface area contributed by atoms with E-state index in [1.165, 1.54) is 4.90 Å². The summed E-state index contributed by atoms with van der Waals surface area (Å²) in [4.78, 5) is 40.3. The predicted molar refractivity (Wildman–Crippen MR) is 134 cm³/mol. The average Bonchev–Trinajstić information content (AvgIpc) is 3.09. The van der Waals surface area contributed by atoms with E-state index < -0.39 is 17.1 Å². The number of carbonyl (C=O) groups excluding carboxylic acids is 3. The van der Waals surface area contributed by atoms with Crippen LogP contribution in [0.25, 0.3) is 5.76 Å². The number of azo groups is 1. The van der Waals surface area contributed by atoms with Gasteiger partial charge in [-0.1, -0.05) is 56.2 Å². The average molecular weight is 535 g/mol. The maximum atomic E-state index is 13.2. The van der Waals surface area contributed by atoms with Gasteiger partial charge in [-0.2, -0.15) is 0 Å². The van der Waals surface area contributed by atoms with Crippen molar-refractivity contribution in [2.45, 2.75) is 53.5 Å². The molecular formula is C28H29CuN3O4+2. The Morgan fingerprint density at radius 1 is 1.00 bits per heavy atom. The Bertz CT molecular complexity index is 1280. The molecule has 1 aliphatic heterocycles. The molecule has 36 heavy (non-hydrogen) atoms. The van der Waals surface area contributed by atoms with Crippen LogP contribution in [0.4, 0.5) is 5.69 Å². The summed E-state index contributed by atoms with van der Waals surface area (Å²) in [5, 5.41) is 19.0. The van der Waals surface area contributed by atoms with E-state index in [9.17, 15) is 19.5 Å². The third-order valence-electron chi connectivity index (χ3n) is 5.53. The van der Waals surface area contributed by atoms with E-state index in [-0.39, 0.29) is 57.3 Å².